The molecule has 1 rings (SSSR count). The van der Waals surface area contributed by atoms with Crippen molar-refractivity contribution in [2.45, 2.75) is 39.2 Å². The lowest BCUT2D eigenvalue weighted by Gasteiger charge is -2.34. The molecule has 1 heterocycles. The van der Waals surface area contributed by atoms with Gasteiger partial charge in [0.05, 0.1) is 12.8 Å². The van der Waals surface area contributed by atoms with Crippen molar-refractivity contribution in [2.75, 3.05) is 0 Å². The molecular weight excluding hydrogens is 196 g/mol. The lowest BCUT2D eigenvalue weighted by atomic mass is 9.89. The summed E-state index contributed by atoms with van der Waals surface area (Å²) >= 11 is 0. The summed E-state index contributed by atoms with van der Waals surface area (Å²) in [6, 6.07) is 0. The molecule has 1 saturated heterocycles. The fourth-order valence-corrected chi connectivity index (χ4v) is 1.19. The largest absolute Gasteiger partial charge is 0.478 e. The molecule has 0 aromatic rings. The Bertz CT molecular complexity index is 343. The van der Waals surface area contributed by atoms with Crippen LogP contribution in [0.2, 0.25) is 0 Å². The molecule has 0 bridgehead atoms. The fourth-order valence-electron chi connectivity index (χ4n) is 1.19. The first-order valence-electron chi connectivity index (χ1n) is 4.70. The first kappa shape index (κ1) is 11.6. The van der Waals surface area contributed by atoms with Gasteiger partial charge in [-0.1, -0.05) is 11.8 Å². The van der Waals surface area contributed by atoms with Crippen LogP contribution in [0.15, 0.2) is 0 Å². The van der Waals surface area contributed by atoms with Gasteiger partial charge in [-0.05, 0) is 20.8 Å². The van der Waals surface area contributed by atoms with Gasteiger partial charge >= 0.3 is 11.9 Å². The summed E-state index contributed by atoms with van der Waals surface area (Å²) in [5.74, 6) is 4.08. The van der Waals surface area contributed by atoms with Gasteiger partial charge in [0.2, 0.25) is 5.60 Å². The highest BCUT2D eigenvalue weighted by atomic mass is 16.6. The summed E-state index contributed by atoms with van der Waals surface area (Å²) < 4.78 is 4.66. The molecule has 0 saturated carbocycles. The molecule has 1 aliphatic rings. The van der Waals surface area contributed by atoms with Crippen LogP contribution in [0.5, 0.6) is 0 Å². The average molecular weight is 210 g/mol. The molecule has 0 aliphatic carbocycles. The van der Waals surface area contributed by atoms with Crippen LogP contribution in [0.3, 0.4) is 0 Å². The van der Waals surface area contributed by atoms with E-state index in [1.807, 2.05) is 20.8 Å². The molecule has 0 aromatic heterocycles. The third kappa shape index (κ3) is 2.72. The zero-order valence-electron chi connectivity index (χ0n) is 9.09. The van der Waals surface area contributed by atoms with E-state index in [0.717, 1.165) is 0 Å². The normalized spacial score (nSPS) is 24.6. The monoisotopic (exact) mass is 210 g/mol. The average Bonchev–Trinajstić information content (AvgIpc) is 1.97. The van der Waals surface area contributed by atoms with Gasteiger partial charge in [-0.25, -0.2) is 4.79 Å². The molecule has 1 fully saturated rings. The van der Waals surface area contributed by atoms with Crippen LogP contribution in [-0.4, -0.2) is 22.6 Å². The topological polar surface area (TPSA) is 63.6 Å². The Labute approximate surface area is 88.6 Å². The minimum atomic E-state index is -1.39. The predicted octanol–water partition coefficient (Wildman–Crippen LogP) is 1.20. The molecule has 1 N–H and O–H groups in total. The van der Waals surface area contributed by atoms with Crippen LogP contribution in [-0.2, 0) is 14.3 Å². The van der Waals surface area contributed by atoms with Crippen molar-refractivity contribution >= 4 is 11.9 Å². The molecule has 0 radical (unpaired) electrons. The number of carboxylic acid groups (broad SMARTS) is 1. The van der Waals surface area contributed by atoms with Crippen molar-refractivity contribution in [2.24, 2.45) is 5.41 Å². The maximum atomic E-state index is 10.9. The summed E-state index contributed by atoms with van der Waals surface area (Å²) in [6.07, 6.45) is -0.0213. The molecule has 0 spiro atoms. The van der Waals surface area contributed by atoms with Gasteiger partial charge in [-0.2, -0.15) is 0 Å². The van der Waals surface area contributed by atoms with E-state index in [0.29, 0.717) is 0 Å². The number of hydrogen-bond acceptors (Lipinski definition) is 3. The number of cyclic esters (lactones) is 1. The number of ether oxygens (including phenoxy) is 1. The number of aliphatic carboxylic acids is 1. The van der Waals surface area contributed by atoms with E-state index in [1.54, 1.807) is 0 Å². The lowest BCUT2D eigenvalue weighted by Crippen LogP contribution is -2.53. The number of carboxylic acids is 1. The molecule has 4 nitrogen and oxygen atoms in total. The number of esters is 1. The van der Waals surface area contributed by atoms with Crippen molar-refractivity contribution in [1.29, 1.82) is 0 Å². The number of rotatable bonds is 2. The Balaban J connectivity index is 2.66. The second-order valence-corrected chi connectivity index (χ2v) is 4.68. The van der Waals surface area contributed by atoms with Gasteiger partial charge in [0.25, 0.3) is 0 Å². The van der Waals surface area contributed by atoms with E-state index >= 15 is 0 Å². The highest BCUT2D eigenvalue weighted by Gasteiger charge is 2.52. The van der Waals surface area contributed by atoms with Gasteiger partial charge in [0.1, 0.15) is 0 Å². The quantitative estimate of drug-likeness (QED) is 0.549. The van der Waals surface area contributed by atoms with E-state index in [4.69, 9.17) is 5.11 Å². The Morgan fingerprint density at radius 3 is 2.47 bits per heavy atom. The first-order valence-corrected chi connectivity index (χ1v) is 4.70. The summed E-state index contributed by atoms with van der Waals surface area (Å²) in [6.45, 7) is 5.79. The molecule has 4 heteroatoms. The van der Waals surface area contributed by atoms with Crippen molar-refractivity contribution < 1.29 is 19.4 Å². The zero-order valence-corrected chi connectivity index (χ0v) is 9.09. The zero-order chi connectivity index (χ0) is 11.7. The summed E-state index contributed by atoms with van der Waals surface area (Å²) in [5, 5.41) is 8.89. The molecule has 1 atom stereocenters. The van der Waals surface area contributed by atoms with Gasteiger partial charge in [-0.15, -0.1) is 0 Å². The van der Waals surface area contributed by atoms with E-state index in [-0.39, 0.29) is 18.3 Å². The SMILES string of the molecule is CC(C)(C)C#CC[C@]1(C(=O)O)CC(=O)O1. The molecule has 0 unspecified atom stereocenters. The highest BCUT2D eigenvalue weighted by Crippen LogP contribution is 2.31. The summed E-state index contributed by atoms with van der Waals surface area (Å²) in [7, 11) is 0. The number of carbonyl (C=O) groups is 2. The predicted molar refractivity (Wildman–Crippen MR) is 52.9 cm³/mol. The standard InChI is InChI=1S/C11H14O4/c1-10(2,3)5-4-6-11(9(13)14)7-8(12)15-11/h6-7H2,1-3H3,(H,13,14)/t11-/m1/s1. The number of hydrogen-bond donors (Lipinski definition) is 1. The van der Waals surface area contributed by atoms with Crippen LogP contribution in [0, 0.1) is 17.3 Å². The van der Waals surface area contributed by atoms with Crippen LogP contribution in [0.4, 0.5) is 0 Å². The van der Waals surface area contributed by atoms with E-state index < -0.39 is 17.5 Å². The van der Waals surface area contributed by atoms with Gasteiger partial charge in [0.15, 0.2) is 0 Å². The van der Waals surface area contributed by atoms with Crippen molar-refractivity contribution in [3.8, 4) is 11.8 Å². The molecule has 82 valence electrons. The lowest BCUT2D eigenvalue weighted by molar-refractivity contribution is -0.203. The van der Waals surface area contributed by atoms with E-state index in [1.165, 1.54) is 0 Å². The van der Waals surface area contributed by atoms with Gasteiger partial charge in [-0.3, -0.25) is 4.79 Å². The molecule has 1 aliphatic heterocycles. The van der Waals surface area contributed by atoms with Gasteiger partial charge in [0, 0.05) is 5.41 Å². The van der Waals surface area contributed by atoms with E-state index in [9.17, 15) is 9.59 Å². The third-order valence-corrected chi connectivity index (χ3v) is 1.97. The van der Waals surface area contributed by atoms with Crippen molar-refractivity contribution in [3.63, 3.8) is 0 Å². The summed E-state index contributed by atoms with van der Waals surface area (Å²) in [5.41, 5.74) is -1.57. The molecule has 15 heavy (non-hydrogen) atoms. The Kier molecular flexibility index (Phi) is 2.76. The maximum absolute atomic E-state index is 10.9. The van der Waals surface area contributed by atoms with Crippen LogP contribution in [0.25, 0.3) is 0 Å². The summed E-state index contributed by atoms with van der Waals surface area (Å²) in [4.78, 5) is 21.5. The first-order chi connectivity index (χ1) is 6.75. The Hall–Kier alpha value is -1.50. The fraction of sp³-hybridized carbons (Fsp3) is 0.636. The van der Waals surface area contributed by atoms with Gasteiger partial charge < -0.3 is 9.84 Å². The second-order valence-electron chi connectivity index (χ2n) is 4.68. The Morgan fingerprint density at radius 1 is 1.60 bits per heavy atom. The van der Waals surface area contributed by atoms with Crippen LogP contribution >= 0.6 is 0 Å². The molecule has 0 amide bonds. The smallest absolute Gasteiger partial charge is 0.349 e. The van der Waals surface area contributed by atoms with Crippen molar-refractivity contribution in [3.05, 3.63) is 0 Å². The second kappa shape index (κ2) is 3.58. The number of carbonyl (C=O) groups excluding carboxylic acids is 1. The minimum Gasteiger partial charge on any atom is -0.478 e. The highest BCUT2D eigenvalue weighted by molar-refractivity contribution is 5.92. The molecular formula is C11H14O4. The minimum absolute atomic E-state index is 0.0609. The third-order valence-electron chi connectivity index (χ3n) is 1.97. The van der Waals surface area contributed by atoms with Crippen LogP contribution in [0.1, 0.15) is 33.6 Å². The molecule has 0 aromatic carbocycles. The van der Waals surface area contributed by atoms with Crippen LogP contribution < -0.4 is 0 Å². The maximum Gasteiger partial charge on any atom is 0.349 e. The van der Waals surface area contributed by atoms with Crippen molar-refractivity contribution in [1.82, 2.24) is 0 Å². The van der Waals surface area contributed by atoms with E-state index in [2.05, 4.69) is 16.6 Å². The Morgan fingerprint density at radius 2 is 2.13 bits per heavy atom.